The van der Waals surface area contributed by atoms with Crippen molar-refractivity contribution in [3.63, 3.8) is 0 Å². The van der Waals surface area contributed by atoms with E-state index in [1.54, 1.807) is 0 Å². The Bertz CT molecular complexity index is 814. The highest BCUT2D eigenvalue weighted by atomic mass is 16.5. The van der Waals surface area contributed by atoms with Gasteiger partial charge in [-0.2, -0.15) is 5.10 Å². The van der Waals surface area contributed by atoms with Gasteiger partial charge in [0.1, 0.15) is 0 Å². The van der Waals surface area contributed by atoms with Gasteiger partial charge in [-0.25, -0.2) is 0 Å². The summed E-state index contributed by atoms with van der Waals surface area (Å²) in [5.41, 5.74) is 3.66. The molecule has 24 heavy (non-hydrogen) atoms. The van der Waals surface area contributed by atoms with Crippen LogP contribution in [0.2, 0.25) is 0 Å². The second-order valence-electron chi connectivity index (χ2n) is 6.72. The summed E-state index contributed by atoms with van der Waals surface area (Å²) >= 11 is 0. The minimum Gasteiger partial charge on any atom is -0.370 e. The monoisotopic (exact) mass is 321 g/mol. The summed E-state index contributed by atoms with van der Waals surface area (Å²) in [6.45, 7) is 6.19. The third kappa shape index (κ3) is 2.83. The summed E-state index contributed by atoms with van der Waals surface area (Å²) in [6.07, 6.45) is 1.99. The summed E-state index contributed by atoms with van der Waals surface area (Å²) in [7, 11) is 0. The number of hydrogen-bond acceptors (Lipinski definition) is 3. The van der Waals surface area contributed by atoms with Crippen LogP contribution < -0.4 is 0 Å². The number of nitrogens with zero attached hydrogens (tertiary/aromatic N) is 2. The molecule has 4 heteroatoms. The van der Waals surface area contributed by atoms with E-state index in [-0.39, 0.29) is 6.10 Å². The minimum absolute atomic E-state index is 0.123. The molecule has 1 N–H and O–H groups in total. The summed E-state index contributed by atoms with van der Waals surface area (Å²) in [5, 5.41) is 8.33. The normalized spacial score (nSPS) is 25.2. The highest BCUT2D eigenvalue weighted by molar-refractivity contribution is 5.78. The molecular formula is C20H23N3O. The lowest BCUT2D eigenvalue weighted by Gasteiger charge is -2.44. The first-order chi connectivity index (χ1) is 11.7. The minimum atomic E-state index is 0.123. The fourth-order valence-corrected chi connectivity index (χ4v) is 3.66. The van der Waals surface area contributed by atoms with E-state index in [2.05, 4.69) is 77.5 Å². The van der Waals surface area contributed by atoms with Crippen LogP contribution in [0.25, 0.3) is 10.9 Å². The van der Waals surface area contributed by atoms with Gasteiger partial charge in [-0.05, 0) is 31.0 Å². The van der Waals surface area contributed by atoms with Crippen molar-refractivity contribution in [3.8, 4) is 0 Å². The average molecular weight is 321 g/mol. The van der Waals surface area contributed by atoms with Gasteiger partial charge in [0.15, 0.2) is 0 Å². The highest BCUT2D eigenvalue weighted by Gasteiger charge is 2.34. The molecule has 0 aliphatic carbocycles. The van der Waals surface area contributed by atoms with Crippen molar-refractivity contribution in [2.24, 2.45) is 0 Å². The van der Waals surface area contributed by atoms with Crippen molar-refractivity contribution >= 4 is 10.9 Å². The van der Waals surface area contributed by atoms with Crippen LogP contribution in [0.4, 0.5) is 0 Å². The molecular weight excluding hydrogens is 298 g/mol. The molecule has 0 saturated carbocycles. The Labute approximate surface area is 142 Å². The number of hydrogen-bond donors (Lipinski definition) is 1. The Balaban J connectivity index is 1.58. The van der Waals surface area contributed by atoms with Crippen molar-refractivity contribution in [1.82, 2.24) is 15.1 Å². The number of ether oxygens (including phenoxy) is 1. The molecule has 1 aliphatic rings. The maximum Gasteiger partial charge on any atom is 0.0978 e. The number of nitrogens with one attached hydrogen (secondary N) is 1. The van der Waals surface area contributed by atoms with Gasteiger partial charge in [0.25, 0.3) is 0 Å². The predicted molar refractivity (Wildman–Crippen MR) is 95.7 cm³/mol. The number of rotatable bonds is 3. The first-order valence-electron chi connectivity index (χ1n) is 8.56. The molecule has 124 valence electrons. The third-order valence-corrected chi connectivity index (χ3v) is 5.04. The van der Waals surface area contributed by atoms with Crippen molar-refractivity contribution in [1.29, 1.82) is 0 Å². The van der Waals surface area contributed by atoms with Gasteiger partial charge < -0.3 is 4.74 Å². The molecule has 4 nitrogen and oxygen atoms in total. The number of fused-ring (bicyclic) bond motifs is 1. The van der Waals surface area contributed by atoms with Crippen molar-refractivity contribution in [2.75, 3.05) is 6.61 Å². The number of H-pyrrole nitrogens is 1. The fourth-order valence-electron chi connectivity index (χ4n) is 3.66. The molecule has 1 saturated heterocycles. The van der Waals surface area contributed by atoms with Crippen molar-refractivity contribution < 1.29 is 4.74 Å². The quantitative estimate of drug-likeness (QED) is 0.795. The maximum absolute atomic E-state index is 6.16. The number of aromatic amines is 1. The predicted octanol–water partition coefficient (Wildman–Crippen LogP) is 3.91. The average Bonchev–Trinajstić information content (AvgIpc) is 3.07. The standard InChI is InChI=1S/C20H23N3O/c1-14-13-24-20(17-6-4-3-5-7-17)15(2)23(14)12-16-8-9-18-11-21-22-19(18)10-16/h3-11,14-15,20H,12-13H2,1-2H3,(H,21,22)/t14-,15+,20+/m1/s1. The number of aromatic nitrogens is 2. The fraction of sp³-hybridized carbons (Fsp3) is 0.350. The number of morpholine rings is 1. The molecule has 2 heterocycles. The van der Waals surface area contributed by atoms with Crippen LogP contribution in [0, 0.1) is 0 Å². The van der Waals surface area contributed by atoms with E-state index >= 15 is 0 Å². The van der Waals surface area contributed by atoms with Gasteiger partial charge in [0, 0.05) is 24.0 Å². The van der Waals surface area contributed by atoms with Gasteiger partial charge in [0.05, 0.1) is 24.4 Å². The molecule has 3 atom stereocenters. The Morgan fingerprint density at radius 3 is 2.83 bits per heavy atom. The largest absolute Gasteiger partial charge is 0.370 e. The first-order valence-corrected chi connectivity index (χ1v) is 8.56. The Morgan fingerprint density at radius 1 is 1.17 bits per heavy atom. The van der Waals surface area contributed by atoms with Gasteiger partial charge in [0.2, 0.25) is 0 Å². The van der Waals surface area contributed by atoms with Crippen LogP contribution in [0.15, 0.2) is 54.7 Å². The van der Waals surface area contributed by atoms with E-state index < -0.39 is 0 Å². The second-order valence-corrected chi connectivity index (χ2v) is 6.72. The van der Waals surface area contributed by atoms with Crippen LogP contribution in [0.1, 0.15) is 31.1 Å². The highest BCUT2D eigenvalue weighted by Crippen LogP contribution is 2.32. The lowest BCUT2D eigenvalue weighted by molar-refractivity contribution is -0.0993. The van der Waals surface area contributed by atoms with Crippen LogP contribution in [0.3, 0.4) is 0 Å². The first kappa shape index (κ1) is 15.4. The van der Waals surface area contributed by atoms with Gasteiger partial charge >= 0.3 is 0 Å². The second kappa shape index (κ2) is 6.38. The lowest BCUT2D eigenvalue weighted by atomic mass is 9.98. The molecule has 0 spiro atoms. The zero-order valence-electron chi connectivity index (χ0n) is 14.1. The Morgan fingerprint density at radius 2 is 2.00 bits per heavy atom. The van der Waals surface area contributed by atoms with Gasteiger partial charge in [-0.15, -0.1) is 0 Å². The van der Waals surface area contributed by atoms with Gasteiger partial charge in [-0.3, -0.25) is 10.00 Å². The Hall–Kier alpha value is -2.17. The number of benzene rings is 2. The molecule has 3 aromatic rings. The molecule has 1 aliphatic heterocycles. The molecule has 4 rings (SSSR count). The topological polar surface area (TPSA) is 41.1 Å². The molecule has 0 amide bonds. The van der Waals surface area contributed by atoms with Gasteiger partial charge in [-0.1, -0.05) is 42.5 Å². The molecule has 1 aromatic heterocycles. The summed E-state index contributed by atoms with van der Waals surface area (Å²) in [4.78, 5) is 2.54. The third-order valence-electron chi connectivity index (χ3n) is 5.04. The van der Waals surface area contributed by atoms with E-state index in [1.807, 2.05) is 6.20 Å². The summed E-state index contributed by atoms with van der Waals surface area (Å²) in [6, 6.07) is 17.8. The summed E-state index contributed by atoms with van der Waals surface area (Å²) in [5.74, 6) is 0. The van der Waals surface area contributed by atoms with E-state index in [9.17, 15) is 0 Å². The lowest BCUT2D eigenvalue weighted by Crippen LogP contribution is -2.50. The molecule has 0 unspecified atom stereocenters. The van der Waals surface area contributed by atoms with E-state index in [0.29, 0.717) is 12.1 Å². The van der Waals surface area contributed by atoms with Crippen LogP contribution in [0.5, 0.6) is 0 Å². The van der Waals surface area contributed by atoms with Crippen LogP contribution in [-0.2, 0) is 11.3 Å². The van der Waals surface area contributed by atoms with Crippen LogP contribution in [-0.4, -0.2) is 33.8 Å². The van der Waals surface area contributed by atoms with Crippen LogP contribution >= 0.6 is 0 Å². The van der Waals surface area contributed by atoms with Crippen molar-refractivity contribution in [3.05, 3.63) is 65.9 Å². The molecule has 0 radical (unpaired) electrons. The van der Waals surface area contributed by atoms with Crippen molar-refractivity contribution in [2.45, 2.75) is 38.6 Å². The molecule has 2 aromatic carbocycles. The van der Waals surface area contributed by atoms with E-state index in [0.717, 1.165) is 24.1 Å². The Kier molecular flexibility index (Phi) is 4.08. The zero-order chi connectivity index (χ0) is 16.5. The summed E-state index contributed by atoms with van der Waals surface area (Å²) < 4.78 is 6.16. The van der Waals surface area contributed by atoms with E-state index in [4.69, 9.17) is 4.74 Å². The van der Waals surface area contributed by atoms with E-state index in [1.165, 1.54) is 11.1 Å². The molecule has 0 bridgehead atoms. The SMILES string of the molecule is C[C@@H]1CO[C@H](c2ccccc2)[C@H](C)N1Cc1ccc2cn[nH]c2c1. The smallest absolute Gasteiger partial charge is 0.0978 e. The maximum atomic E-state index is 6.16. The zero-order valence-corrected chi connectivity index (χ0v) is 14.1. The molecule has 1 fully saturated rings.